The standard InChI is InChI=1S/C19H22N4O/c1-2-17(24)22-10-7-19(13-22)14-23(12-15-5-3-8-20-11-15)16-6-4-9-21-18(16)19/h3-6,8-9,11H,2,7,10,12-14H2,1H3. The van der Waals surface area contributed by atoms with E-state index in [-0.39, 0.29) is 11.3 Å². The number of fused-ring (bicyclic) bond motifs is 2. The van der Waals surface area contributed by atoms with Gasteiger partial charge in [0.05, 0.1) is 16.8 Å². The lowest BCUT2D eigenvalue weighted by Crippen LogP contribution is -2.38. The summed E-state index contributed by atoms with van der Waals surface area (Å²) in [6, 6.07) is 8.23. The Labute approximate surface area is 142 Å². The average molecular weight is 322 g/mol. The lowest BCUT2D eigenvalue weighted by molar-refractivity contribution is -0.129. The van der Waals surface area contributed by atoms with Crippen LogP contribution in [-0.4, -0.2) is 40.4 Å². The minimum Gasteiger partial charge on any atom is -0.365 e. The van der Waals surface area contributed by atoms with Gasteiger partial charge in [-0.3, -0.25) is 14.8 Å². The van der Waals surface area contributed by atoms with Gasteiger partial charge < -0.3 is 9.80 Å². The molecule has 0 saturated carbocycles. The number of amides is 1. The van der Waals surface area contributed by atoms with E-state index in [4.69, 9.17) is 4.98 Å². The average Bonchev–Trinajstić information content (AvgIpc) is 3.19. The van der Waals surface area contributed by atoms with Gasteiger partial charge in [0.1, 0.15) is 0 Å². The van der Waals surface area contributed by atoms with Gasteiger partial charge in [0, 0.05) is 51.2 Å². The molecular weight excluding hydrogens is 300 g/mol. The van der Waals surface area contributed by atoms with Crippen LogP contribution in [0.25, 0.3) is 0 Å². The maximum Gasteiger partial charge on any atom is 0.222 e. The van der Waals surface area contributed by atoms with E-state index >= 15 is 0 Å². The Morgan fingerprint density at radius 2 is 2.12 bits per heavy atom. The molecule has 4 rings (SSSR count). The van der Waals surface area contributed by atoms with E-state index in [0.29, 0.717) is 6.42 Å². The summed E-state index contributed by atoms with van der Waals surface area (Å²) in [6.45, 7) is 5.30. The van der Waals surface area contributed by atoms with Crippen LogP contribution in [-0.2, 0) is 16.8 Å². The van der Waals surface area contributed by atoms with Gasteiger partial charge in [-0.05, 0) is 30.2 Å². The molecule has 0 N–H and O–H groups in total. The summed E-state index contributed by atoms with van der Waals surface area (Å²) < 4.78 is 0. The minimum absolute atomic E-state index is 0.0242. The zero-order chi connectivity index (χ0) is 16.6. The van der Waals surface area contributed by atoms with E-state index in [1.807, 2.05) is 36.4 Å². The lowest BCUT2D eigenvalue weighted by atomic mass is 9.85. The van der Waals surface area contributed by atoms with Crippen LogP contribution in [0.15, 0.2) is 42.9 Å². The third kappa shape index (κ3) is 2.44. The van der Waals surface area contributed by atoms with Gasteiger partial charge in [-0.15, -0.1) is 0 Å². The molecule has 1 spiro atoms. The van der Waals surface area contributed by atoms with Gasteiger partial charge >= 0.3 is 0 Å². The summed E-state index contributed by atoms with van der Waals surface area (Å²) in [7, 11) is 0. The van der Waals surface area contributed by atoms with Crippen LogP contribution >= 0.6 is 0 Å². The molecule has 2 aliphatic heterocycles. The molecular formula is C19H22N4O. The first kappa shape index (κ1) is 15.1. The Bertz CT molecular complexity index is 748. The predicted molar refractivity (Wildman–Crippen MR) is 92.7 cm³/mol. The molecule has 24 heavy (non-hydrogen) atoms. The molecule has 0 radical (unpaired) electrons. The number of aromatic nitrogens is 2. The molecule has 124 valence electrons. The Morgan fingerprint density at radius 3 is 2.92 bits per heavy atom. The summed E-state index contributed by atoms with van der Waals surface area (Å²) in [5.74, 6) is 0.245. The normalized spacial score (nSPS) is 22.2. The van der Waals surface area contributed by atoms with E-state index in [9.17, 15) is 4.79 Å². The first-order valence-corrected chi connectivity index (χ1v) is 8.59. The quantitative estimate of drug-likeness (QED) is 0.870. The lowest BCUT2D eigenvalue weighted by Gasteiger charge is -2.25. The number of nitrogens with zero attached hydrogens (tertiary/aromatic N) is 4. The highest BCUT2D eigenvalue weighted by molar-refractivity contribution is 5.77. The number of hydrogen-bond acceptors (Lipinski definition) is 4. The van der Waals surface area contributed by atoms with E-state index in [1.165, 1.54) is 11.3 Å². The summed E-state index contributed by atoms with van der Waals surface area (Å²) in [5, 5.41) is 0. The molecule has 1 atom stereocenters. The fourth-order valence-electron chi connectivity index (χ4n) is 4.07. The monoisotopic (exact) mass is 322 g/mol. The minimum atomic E-state index is -0.0242. The molecule has 0 aliphatic carbocycles. The summed E-state index contributed by atoms with van der Waals surface area (Å²) in [6.07, 6.45) is 7.16. The van der Waals surface area contributed by atoms with Gasteiger partial charge in [0.15, 0.2) is 0 Å². The molecule has 2 aromatic heterocycles. The van der Waals surface area contributed by atoms with Crippen molar-refractivity contribution in [1.29, 1.82) is 0 Å². The van der Waals surface area contributed by atoms with Gasteiger partial charge in [-0.25, -0.2) is 0 Å². The molecule has 2 aromatic rings. The van der Waals surface area contributed by atoms with Crippen molar-refractivity contribution in [2.24, 2.45) is 0 Å². The van der Waals surface area contributed by atoms with Crippen LogP contribution in [0.3, 0.4) is 0 Å². The van der Waals surface area contributed by atoms with Crippen molar-refractivity contribution >= 4 is 11.6 Å². The van der Waals surface area contributed by atoms with Crippen molar-refractivity contribution in [3.8, 4) is 0 Å². The zero-order valence-corrected chi connectivity index (χ0v) is 14.0. The van der Waals surface area contributed by atoms with E-state index < -0.39 is 0 Å². The molecule has 4 heterocycles. The second kappa shape index (κ2) is 5.89. The first-order valence-electron chi connectivity index (χ1n) is 8.59. The van der Waals surface area contributed by atoms with Crippen molar-refractivity contribution < 1.29 is 4.79 Å². The molecule has 1 saturated heterocycles. The summed E-state index contributed by atoms with van der Waals surface area (Å²) in [4.78, 5) is 25.5. The zero-order valence-electron chi connectivity index (χ0n) is 14.0. The Morgan fingerprint density at radius 1 is 1.25 bits per heavy atom. The van der Waals surface area contributed by atoms with Gasteiger partial charge in [-0.2, -0.15) is 0 Å². The predicted octanol–water partition coefficient (Wildman–Crippen LogP) is 2.38. The van der Waals surface area contributed by atoms with Crippen LogP contribution in [0.1, 0.15) is 31.0 Å². The van der Waals surface area contributed by atoms with Crippen LogP contribution in [0, 0.1) is 0 Å². The molecule has 1 amide bonds. The van der Waals surface area contributed by atoms with Crippen molar-refractivity contribution in [2.45, 2.75) is 31.7 Å². The van der Waals surface area contributed by atoms with Crippen LogP contribution in [0.2, 0.25) is 0 Å². The number of likely N-dealkylation sites (tertiary alicyclic amines) is 1. The van der Waals surface area contributed by atoms with Gasteiger partial charge in [-0.1, -0.05) is 13.0 Å². The molecule has 1 fully saturated rings. The van der Waals surface area contributed by atoms with Crippen molar-refractivity contribution in [1.82, 2.24) is 14.9 Å². The summed E-state index contributed by atoms with van der Waals surface area (Å²) in [5.41, 5.74) is 3.53. The smallest absolute Gasteiger partial charge is 0.222 e. The van der Waals surface area contributed by atoms with E-state index in [1.54, 1.807) is 6.20 Å². The maximum atomic E-state index is 12.1. The van der Waals surface area contributed by atoms with Crippen molar-refractivity contribution in [3.63, 3.8) is 0 Å². The molecule has 5 nitrogen and oxygen atoms in total. The highest BCUT2D eigenvalue weighted by atomic mass is 16.2. The Balaban J connectivity index is 1.63. The van der Waals surface area contributed by atoms with Crippen LogP contribution < -0.4 is 4.90 Å². The third-order valence-electron chi connectivity index (χ3n) is 5.23. The summed E-state index contributed by atoms with van der Waals surface area (Å²) >= 11 is 0. The number of rotatable bonds is 3. The number of pyridine rings is 2. The molecule has 0 bridgehead atoms. The molecule has 0 aromatic carbocycles. The fraction of sp³-hybridized carbons (Fsp3) is 0.421. The first-order chi connectivity index (χ1) is 11.7. The largest absolute Gasteiger partial charge is 0.365 e. The van der Waals surface area contributed by atoms with E-state index in [0.717, 1.165) is 38.3 Å². The van der Waals surface area contributed by atoms with Crippen LogP contribution in [0.5, 0.6) is 0 Å². The second-order valence-electron chi connectivity index (χ2n) is 6.79. The number of anilines is 1. The van der Waals surface area contributed by atoms with Crippen LogP contribution in [0.4, 0.5) is 5.69 Å². The van der Waals surface area contributed by atoms with Crippen molar-refractivity contribution in [3.05, 3.63) is 54.1 Å². The van der Waals surface area contributed by atoms with Gasteiger partial charge in [0.25, 0.3) is 0 Å². The number of carbonyl (C=O) groups is 1. The Kier molecular flexibility index (Phi) is 3.71. The topological polar surface area (TPSA) is 49.3 Å². The van der Waals surface area contributed by atoms with Crippen molar-refractivity contribution in [2.75, 3.05) is 24.5 Å². The highest BCUT2D eigenvalue weighted by Gasteiger charge is 2.49. The maximum absolute atomic E-state index is 12.1. The highest BCUT2D eigenvalue weighted by Crippen LogP contribution is 2.45. The fourth-order valence-corrected chi connectivity index (χ4v) is 4.07. The molecule has 5 heteroatoms. The molecule has 1 unspecified atom stereocenters. The van der Waals surface area contributed by atoms with E-state index in [2.05, 4.69) is 22.0 Å². The van der Waals surface area contributed by atoms with Gasteiger partial charge in [0.2, 0.25) is 5.91 Å². The SMILES string of the molecule is CCC(=O)N1CCC2(C1)CN(Cc1cccnc1)c1cccnc12. The number of hydrogen-bond donors (Lipinski definition) is 0. The Hall–Kier alpha value is -2.43. The number of carbonyl (C=O) groups excluding carboxylic acids is 1. The second-order valence-corrected chi connectivity index (χ2v) is 6.79. The third-order valence-corrected chi connectivity index (χ3v) is 5.23. The molecule has 2 aliphatic rings.